The van der Waals surface area contributed by atoms with Crippen LogP contribution in [-0.4, -0.2) is 24.2 Å². The standard InChI is InChI=1S/C18H18F4N2O/c19-15-3-1-13(2-4-15)12-25-16-6-9-24(10-7-16)17-11-14(5-8-23-17)18(20,21)22/h1-5,8,11,16H,6-7,9-10,12H2. The summed E-state index contributed by atoms with van der Waals surface area (Å²) >= 11 is 0. The Hall–Kier alpha value is -2.15. The molecule has 0 saturated carbocycles. The summed E-state index contributed by atoms with van der Waals surface area (Å²) in [5, 5.41) is 0. The molecule has 25 heavy (non-hydrogen) atoms. The summed E-state index contributed by atoms with van der Waals surface area (Å²) in [5.74, 6) is 0.0532. The van der Waals surface area contributed by atoms with Gasteiger partial charge in [0, 0.05) is 19.3 Å². The zero-order valence-corrected chi connectivity index (χ0v) is 13.5. The maximum atomic E-state index is 12.9. The molecule has 3 nitrogen and oxygen atoms in total. The number of anilines is 1. The fourth-order valence-corrected chi connectivity index (χ4v) is 2.81. The second-order valence-electron chi connectivity index (χ2n) is 6.02. The Morgan fingerprint density at radius 2 is 1.76 bits per heavy atom. The number of piperidine rings is 1. The molecule has 2 heterocycles. The second-order valence-corrected chi connectivity index (χ2v) is 6.02. The lowest BCUT2D eigenvalue weighted by atomic mass is 10.1. The van der Waals surface area contributed by atoms with Gasteiger partial charge in [0.25, 0.3) is 0 Å². The Labute approximate surface area is 143 Å². The second kappa shape index (κ2) is 7.39. The molecule has 0 unspecified atom stereocenters. The van der Waals surface area contributed by atoms with E-state index in [0.29, 0.717) is 38.4 Å². The van der Waals surface area contributed by atoms with E-state index in [1.54, 1.807) is 12.1 Å². The van der Waals surface area contributed by atoms with Gasteiger partial charge in [-0.05, 0) is 42.7 Å². The summed E-state index contributed by atoms with van der Waals surface area (Å²) in [5.41, 5.74) is 0.204. The third kappa shape index (κ3) is 4.69. The van der Waals surface area contributed by atoms with E-state index in [2.05, 4.69) is 4.98 Å². The zero-order chi connectivity index (χ0) is 17.9. The zero-order valence-electron chi connectivity index (χ0n) is 13.5. The predicted molar refractivity (Wildman–Crippen MR) is 85.7 cm³/mol. The fraction of sp³-hybridized carbons (Fsp3) is 0.389. The number of hydrogen-bond acceptors (Lipinski definition) is 3. The van der Waals surface area contributed by atoms with Crippen molar-refractivity contribution in [3.63, 3.8) is 0 Å². The summed E-state index contributed by atoms with van der Waals surface area (Å²) in [6, 6.07) is 8.19. The monoisotopic (exact) mass is 354 g/mol. The lowest BCUT2D eigenvalue weighted by Crippen LogP contribution is -2.37. The van der Waals surface area contributed by atoms with E-state index >= 15 is 0 Å². The Morgan fingerprint density at radius 1 is 1.08 bits per heavy atom. The van der Waals surface area contributed by atoms with Crippen molar-refractivity contribution in [3.05, 3.63) is 59.5 Å². The average molecular weight is 354 g/mol. The minimum atomic E-state index is -4.37. The highest BCUT2D eigenvalue weighted by Gasteiger charge is 2.31. The van der Waals surface area contributed by atoms with Crippen LogP contribution in [0.25, 0.3) is 0 Å². The molecule has 1 fully saturated rings. The minimum absolute atomic E-state index is 0.0344. The van der Waals surface area contributed by atoms with E-state index in [1.807, 2.05) is 4.90 Å². The van der Waals surface area contributed by atoms with Crippen LogP contribution in [-0.2, 0) is 17.5 Å². The van der Waals surface area contributed by atoms with Gasteiger partial charge in [0.15, 0.2) is 0 Å². The first-order valence-electron chi connectivity index (χ1n) is 8.06. The molecule has 7 heteroatoms. The number of halogens is 4. The van der Waals surface area contributed by atoms with Crippen molar-refractivity contribution in [2.45, 2.75) is 31.7 Å². The van der Waals surface area contributed by atoms with Gasteiger partial charge in [-0.2, -0.15) is 13.2 Å². The number of nitrogens with zero attached hydrogens (tertiary/aromatic N) is 2. The predicted octanol–water partition coefficient (Wildman–Crippen LogP) is 4.43. The highest BCUT2D eigenvalue weighted by Crippen LogP contribution is 2.31. The number of alkyl halides is 3. The summed E-state index contributed by atoms with van der Waals surface area (Å²) in [4.78, 5) is 5.89. The first kappa shape index (κ1) is 17.7. The molecule has 0 bridgehead atoms. The van der Waals surface area contributed by atoms with Crippen LogP contribution in [0.4, 0.5) is 23.4 Å². The van der Waals surface area contributed by atoms with Crippen LogP contribution < -0.4 is 4.90 Å². The van der Waals surface area contributed by atoms with E-state index in [9.17, 15) is 17.6 Å². The van der Waals surface area contributed by atoms with E-state index < -0.39 is 11.7 Å². The smallest absolute Gasteiger partial charge is 0.373 e. The van der Waals surface area contributed by atoms with E-state index in [1.165, 1.54) is 18.3 Å². The van der Waals surface area contributed by atoms with Crippen molar-refractivity contribution in [2.24, 2.45) is 0 Å². The Morgan fingerprint density at radius 3 is 2.40 bits per heavy atom. The van der Waals surface area contributed by atoms with Crippen LogP contribution in [0.1, 0.15) is 24.0 Å². The molecule has 1 aromatic carbocycles. The van der Waals surface area contributed by atoms with Gasteiger partial charge in [-0.1, -0.05) is 12.1 Å². The first-order valence-corrected chi connectivity index (χ1v) is 8.06. The first-order chi connectivity index (χ1) is 11.9. The van der Waals surface area contributed by atoms with Crippen LogP contribution in [0.3, 0.4) is 0 Å². The highest BCUT2D eigenvalue weighted by molar-refractivity contribution is 5.42. The molecule has 2 aromatic rings. The van der Waals surface area contributed by atoms with Gasteiger partial charge >= 0.3 is 6.18 Å². The van der Waals surface area contributed by atoms with Crippen LogP contribution in [0.15, 0.2) is 42.6 Å². The van der Waals surface area contributed by atoms with E-state index in [0.717, 1.165) is 17.7 Å². The third-order valence-corrected chi connectivity index (χ3v) is 4.24. The molecular formula is C18H18F4N2O. The summed E-state index contributed by atoms with van der Waals surface area (Å²) in [6.07, 6.45) is -1.73. The van der Waals surface area contributed by atoms with Crippen molar-refractivity contribution in [3.8, 4) is 0 Å². The van der Waals surface area contributed by atoms with E-state index in [-0.39, 0.29) is 11.9 Å². The summed E-state index contributed by atoms with van der Waals surface area (Å²) < 4.78 is 57.1. The summed E-state index contributed by atoms with van der Waals surface area (Å²) in [6.45, 7) is 1.57. The fourth-order valence-electron chi connectivity index (χ4n) is 2.81. The maximum absolute atomic E-state index is 12.9. The number of pyridine rings is 1. The third-order valence-electron chi connectivity index (χ3n) is 4.24. The van der Waals surface area contributed by atoms with Crippen molar-refractivity contribution in [1.29, 1.82) is 0 Å². The van der Waals surface area contributed by atoms with Gasteiger partial charge in [-0.15, -0.1) is 0 Å². The van der Waals surface area contributed by atoms with Crippen molar-refractivity contribution in [2.75, 3.05) is 18.0 Å². The molecule has 3 rings (SSSR count). The Bertz CT molecular complexity index is 695. The van der Waals surface area contributed by atoms with Gasteiger partial charge in [-0.25, -0.2) is 9.37 Å². The molecule has 1 aliphatic heterocycles. The molecule has 1 saturated heterocycles. The number of aromatic nitrogens is 1. The average Bonchev–Trinajstić information content (AvgIpc) is 2.61. The maximum Gasteiger partial charge on any atom is 0.416 e. The molecule has 0 amide bonds. The molecular weight excluding hydrogens is 336 g/mol. The molecule has 1 aromatic heterocycles. The largest absolute Gasteiger partial charge is 0.416 e. The quantitative estimate of drug-likeness (QED) is 0.760. The van der Waals surface area contributed by atoms with Gasteiger partial charge in [-0.3, -0.25) is 0 Å². The van der Waals surface area contributed by atoms with Crippen LogP contribution in [0, 0.1) is 5.82 Å². The molecule has 134 valence electrons. The van der Waals surface area contributed by atoms with Crippen LogP contribution in [0.2, 0.25) is 0 Å². The highest BCUT2D eigenvalue weighted by atomic mass is 19.4. The lowest BCUT2D eigenvalue weighted by Gasteiger charge is -2.33. The van der Waals surface area contributed by atoms with Gasteiger partial charge in [0.05, 0.1) is 18.3 Å². The Balaban J connectivity index is 1.52. The van der Waals surface area contributed by atoms with Crippen molar-refractivity contribution >= 4 is 5.82 Å². The van der Waals surface area contributed by atoms with Crippen LogP contribution in [0.5, 0.6) is 0 Å². The van der Waals surface area contributed by atoms with E-state index in [4.69, 9.17) is 4.74 Å². The SMILES string of the molecule is Fc1ccc(COC2CCN(c3cc(C(F)(F)F)ccn3)CC2)cc1. The minimum Gasteiger partial charge on any atom is -0.373 e. The number of ether oxygens (including phenoxy) is 1. The van der Waals surface area contributed by atoms with Crippen LogP contribution >= 0.6 is 0 Å². The van der Waals surface area contributed by atoms with Gasteiger partial charge in [0.1, 0.15) is 11.6 Å². The molecule has 0 aliphatic carbocycles. The normalized spacial score (nSPS) is 16.2. The number of rotatable bonds is 4. The van der Waals surface area contributed by atoms with Crippen molar-refractivity contribution < 1.29 is 22.3 Å². The van der Waals surface area contributed by atoms with Gasteiger partial charge in [0.2, 0.25) is 0 Å². The number of hydrogen-bond donors (Lipinski definition) is 0. The summed E-state index contributed by atoms with van der Waals surface area (Å²) in [7, 11) is 0. The van der Waals surface area contributed by atoms with Gasteiger partial charge < -0.3 is 9.64 Å². The Kier molecular flexibility index (Phi) is 5.22. The molecule has 0 atom stereocenters. The molecule has 1 aliphatic rings. The number of benzene rings is 1. The molecule has 0 radical (unpaired) electrons. The molecule has 0 N–H and O–H groups in total. The topological polar surface area (TPSA) is 25.4 Å². The lowest BCUT2D eigenvalue weighted by molar-refractivity contribution is -0.137. The van der Waals surface area contributed by atoms with Crippen molar-refractivity contribution in [1.82, 2.24) is 4.98 Å². The molecule has 0 spiro atoms.